The number of aliphatic hydroxyl groups excluding tert-OH is 1. The summed E-state index contributed by atoms with van der Waals surface area (Å²) in [5.74, 6) is -0.564. The van der Waals surface area contributed by atoms with Crippen LogP contribution >= 0.6 is 0 Å². The molecule has 108 valence electrons. The van der Waals surface area contributed by atoms with E-state index < -0.39 is 29.3 Å². The van der Waals surface area contributed by atoms with Gasteiger partial charge in [0.05, 0.1) is 13.2 Å². The minimum Gasteiger partial charge on any atom is -0.467 e. The highest BCUT2D eigenvalue weighted by atomic mass is 16.6. The van der Waals surface area contributed by atoms with Gasteiger partial charge in [-0.15, -0.1) is 0 Å². The average molecular weight is 271 g/mol. The van der Waals surface area contributed by atoms with Crippen LogP contribution in [0, 0.1) is 0 Å². The number of rotatable bonds is 1. The lowest BCUT2D eigenvalue weighted by Gasteiger charge is -2.35. The van der Waals surface area contributed by atoms with Crippen LogP contribution in [0.2, 0.25) is 0 Å². The molecule has 2 aliphatic rings. The van der Waals surface area contributed by atoms with E-state index in [0.29, 0.717) is 19.3 Å². The summed E-state index contributed by atoms with van der Waals surface area (Å²) in [6, 6.07) is -0.149. The fraction of sp³-hybridized carbons (Fsp3) is 0.846. The van der Waals surface area contributed by atoms with Crippen LogP contribution < -0.4 is 0 Å². The Hall–Kier alpha value is -1.30. The predicted molar refractivity (Wildman–Crippen MR) is 66.5 cm³/mol. The zero-order valence-electron chi connectivity index (χ0n) is 11.8. The molecule has 0 unspecified atom stereocenters. The van der Waals surface area contributed by atoms with Crippen LogP contribution in [0.1, 0.15) is 40.0 Å². The van der Waals surface area contributed by atoms with Gasteiger partial charge in [0.2, 0.25) is 0 Å². The van der Waals surface area contributed by atoms with Crippen molar-refractivity contribution in [1.29, 1.82) is 0 Å². The lowest BCUT2D eigenvalue weighted by molar-refractivity contribution is -0.157. The van der Waals surface area contributed by atoms with Crippen molar-refractivity contribution >= 4 is 12.1 Å². The number of carbonyl (C=O) groups is 2. The molecule has 2 bridgehead atoms. The lowest BCUT2D eigenvalue weighted by atomic mass is 9.85. The first kappa shape index (κ1) is 14.1. The Morgan fingerprint density at radius 1 is 1.37 bits per heavy atom. The normalized spacial score (nSPS) is 33.4. The third-order valence-corrected chi connectivity index (χ3v) is 3.83. The van der Waals surface area contributed by atoms with Crippen molar-refractivity contribution in [3.8, 4) is 0 Å². The van der Waals surface area contributed by atoms with Crippen LogP contribution in [0.5, 0.6) is 0 Å². The zero-order chi connectivity index (χ0) is 14.4. The van der Waals surface area contributed by atoms with E-state index in [4.69, 9.17) is 9.47 Å². The highest BCUT2D eigenvalue weighted by Gasteiger charge is 2.65. The van der Waals surface area contributed by atoms with Gasteiger partial charge in [0, 0.05) is 6.04 Å². The largest absolute Gasteiger partial charge is 0.467 e. The third-order valence-electron chi connectivity index (χ3n) is 3.83. The van der Waals surface area contributed by atoms with Gasteiger partial charge in [-0.2, -0.15) is 0 Å². The Balaban J connectivity index is 2.29. The Morgan fingerprint density at radius 2 is 2.00 bits per heavy atom. The molecule has 6 nitrogen and oxygen atoms in total. The molecule has 2 aliphatic heterocycles. The first-order chi connectivity index (χ1) is 8.72. The molecule has 2 rings (SSSR count). The van der Waals surface area contributed by atoms with E-state index in [1.165, 1.54) is 12.0 Å². The van der Waals surface area contributed by atoms with Crippen molar-refractivity contribution in [3.05, 3.63) is 0 Å². The minimum atomic E-state index is -1.26. The van der Waals surface area contributed by atoms with Crippen LogP contribution in [-0.2, 0) is 14.3 Å². The smallest absolute Gasteiger partial charge is 0.411 e. The molecule has 0 aromatic rings. The highest BCUT2D eigenvalue weighted by molar-refractivity contribution is 5.88. The van der Waals surface area contributed by atoms with Crippen molar-refractivity contribution in [2.24, 2.45) is 0 Å². The molecular formula is C13H21NO5. The molecule has 2 fully saturated rings. The van der Waals surface area contributed by atoms with Gasteiger partial charge in [-0.1, -0.05) is 0 Å². The molecule has 2 heterocycles. The van der Waals surface area contributed by atoms with E-state index in [0.717, 1.165) is 0 Å². The van der Waals surface area contributed by atoms with E-state index in [-0.39, 0.29) is 6.04 Å². The van der Waals surface area contributed by atoms with Crippen LogP contribution in [0.4, 0.5) is 4.79 Å². The quantitative estimate of drug-likeness (QED) is 0.722. The van der Waals surface area contributed by atoms with E-state index >= 15 is 0 Å². The number of methoxy groups -OCH3 is 1. The molecule has 6 heteroatoms. The number of ether oxygens (including phenoxy) is 2. The molecule has 19 heavy (non-hydrogen) atoms. The van der Waals surface area contributed by atoms with Gasteiger partial charge in [0.15, 0.2) is 5.54 Å². The SMILES string of the molecule is COC(=O)[C@]12CC[C@H](C[C@@H]1O)N2C(=O)OC(C)(C)C. The number of aliphatic hydroxyl groups is 1. The van der Waals surface area contributed by atoms with Gasteiger partial charge in [0.25, 0.3) is 0 Å². The number of esters is 1. The third kappa shape index (κ3) is 2.08. The van der Waals surface area contributed by atoms with Crippen LogP contribution in [-0.4, -0.2) is 52.5 Å². The average Bonchev–Trinajstić information content (AvgIpc) is 2.78. The summed E-state index contributed by atoms with van der Waals surface area (Å²) in [4.78, 5) is 25.7. The van der Waals surface area contributed by atoms with E-state index in [9.17, 15) is 14.7 Å². The second-order valence-corrected chi connectivity index (χ2v) is 6.21. The van der Waals surface area contributed by atoms with Crippen LogP contribution in [0.25, 0.3) is 0 Å². The first-order valence-electron chi connectivity index (χ1n) is 6.51. The van der Waals surface area contributed by atoms with Gasteiger partial charge in [0.1, 0.15) is 5.60 Å². The summed E-state index contributed by atoms with van der Waals surface area (Å²) in [5, 5.41) is 10.1. The standard InChI is InChI=1S/C13H21NO5/c1-12(2,3)19-11(17)14-8-5-6-13(14,9(15)7-8)10(16)18-4/h8-9,15H,5-7H2,1-4H3/t8-,9+,13+/m1/s1. The molecule has 0 saturated carbocycles. The van der Waals surface area contributed by atoms with Crippen molar-refractivity contribution in [2.75, 3.05) is 7.11 Å². The van der Waals surface area contributed by atoms with Crippen molar-refractivity contribution < 1.29 is 24.2 Å². The molecule has 0 aromatic heterocycles. The Kier molecular flexibility index (Phi) is 3.24. The molecule has 2 saturated heterocycles. The molecular weight excluding hydrogens is 250 g/mol. The zero-order valence-corrected chi connectivity index (χ0v) is 11.8. The minimum absolute atomic E-state index is 0.149. The molecule has 0 aromatic carbocycles. The number of hydrogen-bond acceptors (Lipinski definition) is 5. The summed E-state index contributed by atoms with van der Waals surface area (Å²) in [7, 11) is 1.27. The van der Waals surface area contributed by atoms with Gasteiger partial charge >= 0.3 is 12.1 Å². The topological polar surface area (TPSA) is 76.1 Å². The monoisotopic (exact) mass is 271 g/mol. The maximum atomic E-state index is 12.3. The number of hydrogen-bond donors (Lipinski definition) is 1. The molecule has 3 atom stereocenters. The van der Waals surface area contributed by atoms with Gasteiger partial charge in [-0.3, -0.25) is 4.90 Å². The predicted octanol–water partition coefficient (Wildman–Crippen LogP) is 1.06. The van der Waals surface area contributed by atoms with Gasteiger partial charge in [-0.05, 0) is 40.0 Å². The van der Waals surface area contributed by atoms with E-state index in [2.05, 4.69) is 0 Å². The molecule has 0 spiro atoms. The Bertz CT molecular complexity index is 402. The van der Waals surface area contributed by atoms with Gasteiger partial charge < -0.3 is 14.6 Å². The Labute approximate surface area is 112 Å². The van der Waals surface area contributed by atoms with Crippen molar-refractivity contribution in [1.82, 2.24) is 4.90 Å². The molecule has 1 N–H and O–H groups in total. The molecule has 1 amide bonds. The van der Waals surface area contributed by atoms with Crippen LogP contribution in [0.15, 0.2) is 0 Å². The fourth-order valence-electron chi connectivity index (χ4n) is 3.10. The Morgan fingerprint density at radius 3 is 2.47 bits per heavy atom. The second-order valence-electron chi connectivity index (χ2n) is 6.21. The summed E-state index contributed by atoms with van der Waals surface area (Å²) < 4.78 is 10.1. The second kappa shape index (κ2) is 4.37. The molecule has 0 radical (unpaired) electrons. The molecule has 0 aliphatic carbocycles. The first-order valence-corrected chi connectivity index (χ1v) is 6.51. The highest BCUT2D eigenvalue weighted by Crippen LogP contribution is 2.47. The number of amides is 1. The van der Waals surface area contributed by atoms with Gasteiger partial charge in [-0.25, -0.2) is 9.59 Å². The van der Waals surface area contributed by atoms with E-state index in [1.54, 1.807) is 20.8 Å². The fourth-order valence-corrected chi connectivity index (χ4v) is 3.10. The summed E-state index contributed by atoms with van der Waals surface area (Å²) in [6.45, 7) is 5.30. The van der Waals surface area contributed by atoms with Crippen molar-refractivity contribution in [3.63, 3.8) is 0 Å². The van der Waals surface area contributed by atoms with E-state index in [1.807, 2.05) is 0 Å². The number of carbonyl (C=O) groups excluding carboxylic acids is 2. The maximum Gasteiger partial charge on any atom is 0.411 e. The summed E-state index contributed by atoms with van der Waals surface area (Å²) >= 11 is 0. The summed E-state index contributed by atoms with van der Waals surface area (Å²) in [5.41, 5.74) is -1.90. The number of nitrogens with zero attached hydrogens (tertiary/aromatic N) is 1. The summed E-state index contributed by atoms with van der Waals surface area (Å²) in [6.07, 6.45) is 0.0629. The maximum absolute atomic E-state index is 12.3. The van der Waals surface area contributed by atoms with Crippen LogP contribution in [0.3, 0.4) is 0 Å². The number of fused-ring (bicyclic) bond motifs is 2. The lowest BCUT2D eigenvalue weighted by Crippen LogP contribution is -2.57. The van der Waals surface area contributed by atoms with Crippen molar-refractivity contribution in [2.45, 2.75) is 63.3 Å².